The van der Waals surface area contributed by atoms with Gasteiger partial charge in [0.1, 0.15) is 6.67 Å². The molecular formula is C19H29FN4O. The normalized spacial score (nSPS) is 23.5. The van der Waals surface area contributed by atoms with Crippen LogP contribution < -0.4 is 5.32 Å². The van der Waals surface area contributed by atoms with E-state index in [0.29, 0.717) is 6.04 Å². The molecule has 25 heavy (non-hydrogen) atoms. The molecule has 0 unspecified atom stereocenters. The zero-order chi connectivity index (χ0) is 17.5. The van der Waals surface area contributed by atoms with Gasteiger partial charge < -0.3 is 5.32 Å². The minimum absolute atomic E-state index is 0.0233. The largest absolute Gasteiger partial charge is 0.353 e. The van der Waals surface area contributed by atoms with Crippen LogP contribution in [-0.2, 0) is 11.3 Å². The summed E-state index contributed by atoms with van der Waals surface area (Å²) in [7, 11) is 0. The first-order valence-electron chi connectivity index (χ1n) is 9.45. The zero-order valence-electron chi connectivity index (χ0n) is 14.9. The molecule has 1 atom stereocenters. The molecule has 138 valence electrons. The van der Waals surface area contributed by atoms with Crippen LogP contribution in [-0.4, -0.2) is 66.1 Å². The van der Waals surface area contributed by atoms with Crippen molar-refractivity contribution in [3.63, 3.8) is 0 Å². The number of carbonyl (C=O) groups is 1. The van der Waals surface area contributed by atoms with Gasteiger partial charge in [0, 0.05) is 38.1 Å². The first kappa shape index (κ1) is 18.3. The standard InChI is InChI=1S/C19H29FN4O/c20-7-10-22-19(25)17-2-1-11-24(15-17)18-5-12-23(13-6-18)14-16-3-8-21-9-4-16/h3-4,8-9,17-18H,1-2,5-7,10-15H2,(H,22,25)/t17-/m0/s1. The summed E-state index contributed by atoms with van der Waals surface area (Å²) in [5.41, 5.74) is 1.32. The molecule has 2 aliphatic rings. The van der Waals surface area contributed by atoms with E-state index < -0.39 is 6.67 Å². The number of pyridine rings is 1. The minimum atomic E-state index is -0.488. The number of hydrogen-bond acceptors (Lipinski definition) is 4. The molecule has 3 heterocycles. The van der Waals surface area contributed by atoms with Gasteiger partial charge in [0.15, 0.2) is 0 Å². The maximum absolute atomic E-state index is 12.2. The van der Waals surface area contributed by atoms with Gasteiger partial charge >= 0.3 is 0 Å². The van der Waals surface area contributed by atoms with Crippen LogP contribution in [0.3, 0.4) is 0 Å². The van der Waals surface area contributed by atoms with E-state index in [1.165, 1.54) is 5.56 Å². The molecule has 3 rings (SSSR count). The van der Waals surface area contributed by atoms with Crippen LogP contribution in [0.1, 0.15) is 31.2 Å². The molecule has 5 nitrogen and oxygen atoms in total. The molecule has 2 aliphatic heterocycles. The molecular weight excluding hydrogens is 319 g/mol. The van der Waals surface area contributed by atoms with Crippen molar-refractivity contribution in [1.82, 2.24) is 20.1 Å². The molecule has 1 N–H and O–H groups in total. The first-order chi connectivity index (χ1) is 12.3. The number of nitrogens with one attached hydrogen (secondary N) is 1. The van der Waals surface area contributed by atoms with Gasteiger partial charge in [-0.05, 0) is 63.0 Å². The molecule has 6 heteroatoms. The van der Waals surface area contributed by atoms with Gasteiger partial charge in [-0.2, -0.15) is 0 Å². The lowest BCUT2D eigenvalue weighted by molar-refractivity contribution is -0.127. The van der Waals surface area contributed by atoms with Gasteiger partial charge in [-0.15, -0.1) is 0 Å². The van der Waals surface area contributed by atoms with Crippen LogP contribution in [0, 0.1) is 5.92 Å². The lowest BCUT2D eigenvalue weighted by Crippen LogP contribution is -2.50. The number of amides is 1. The monoisotopic (exact) mass is 348 g/mol. The van der Waals surface area contributed by atoms with Crippen LogP contribution in [0.4, 0.5) is 4.39 Å². The number of nitrogens with zero attached hydrogens (tertiary/aromatic N) is 3. The van der Waals surface area contributed by atoms with Crippen LogP contribution >= 0.6 is 0 Å². The predicted octanol–water partition coefficient (Wildman–Crippen LogP) is 1.84. The third-order valence-electron chi connectivity index (χ3n) is 5.45. The van der Waals surface area contributed by atoms with Gasteiger partial charge in [-0.25, -0.2) is 4.39 Å². The highest BCUT2D eigenvalue weighted by Crippen LogP contribution is 2.24. The molecule has 0 radical (unpaired) electrons. The number of hydrogen-bond donors (Lipinski definition) is 1. The Labute approximate surface area is 149 Å². The Morgan fingerprint density at radius 2 is 1.96 bits per heavy atom. The summed E-state index contributed by atoms with van der Waals surface area (Å²) < 4.78 is 12.2. The fourth-order valence-corrected chi connectivity index (χ4v) is 4.06. The lowest BCUT2D eigenvalue weighted by Gasteiger charge is -2.42. The summed E-state index contributed by atoms with van der Waals surface area (Å²) in [5.74, 6) is 0.0487. The Morgan fingerprint density at radius 3 is 2.68 bits per heavy atom. The van der Waals surface area contributed by atoms with Crippen LogP contribution in [0.2, 0.25) is 0 Å². The van der Waals surface area contributed by atoms with Gasteiger partial charge in [-0.1, -0.05) is 0 Å². The third kappa shape index (κ3) is 5.22. The fourth-order valence-electron chi connectivity index (χ4n) is 4.06. The van der Waals surface area contributed by atoms with E-state index >= 15 is 0 Å². The number of likely N-dealkylation sites (tertiary alicyclic amines) is 2. The average molecular weight is 348 g/mol. The average Bonchev–Trinajstić information content (AvgIpc) is 2.67. The van der Waals surface area contributed by atoms with Crippen molar-refractivity contribution >= 4 is 5.91 Å². The number of rotatable bonds is 6. The maximum atomic E-state index is 12.2. The quantitative estimate of drug-likeness (QED) is 0.852. The van der Waals surface area contributed by atoms with E-state index in [-0.39, 0.29) is 18.4 Å². The number of piperidine rings is 2. The van der Waals surface area contributed by atoms with Gasteiger partial charge in [0.2, 0.25) is 5.91 Å². The molecule has 0 aromatic carbocycles. The molecule has 0 aliphatic carbocycles. The van der Waals surface area contributed by atoms with E-state index in [2.05, 4.69) is 32.2 Å². The lowest BCUT2D eigenvalue weighted by atomic mass is 9.93. The SMILES string of the molecule is O=C(NCCF)[C@H]1CCCN(C2CCN(Cc3ccncc3)CC2)C1. The number of aromatic nitrogens is 1. The topological polar surface area (TPSA) is 48.5 Å². The molecule has 2 saturated heterocycles. The van der Waals surface area contributed by atoms with Gasteiger partial charge in [0.05, 0.1) is 5.92 Å². The number of alkyl halides is 1. The second-order valence-electron chi connectivity index (χ2n) is 7.18. The molecule has 0 spiro atoms. The Morgan fingerprint density at radius 1 is 1.20 bits per heavy atom. The minimum Gasteiger partial charge on any atom is -0.353 e. The summed E-state index contributed by atoms with van der Waals surface area (Å²) in [5, 5.41) is 2.71. The predicted molar refractivity (Wildman–Crippen MR) is 95.8 cm³/mol. The fraction of sp³-hybridized carbons (Fsp3) is 0.684. The molecule has 1 amide bonds. The molecule has 1 aromatic rings. The van der Waals surface area contributed by atoms with Crippen molar-refractivity contribution in [2.24, 2.45) is 5.92 Å². The third-order valence-corrected chi connectivity index (χ3v) is 5.45. The van der Waals surface area contributed by atoms with E-state index in [1.807, 2.05) is 12.4 Å². The first-order valence-corrected chi connectivity index (χ1v) is 9.45. The van der Waals surface area contributed by atoms with E-state index in [4.69, 9.17) is 0 Å². The summed E-state index contributed by atoms with van der Waals surface area (Å²) >= 11 is 0. The molecule has 0 saturated carbocycles. The highest BCUT2D eigenvalue weighted by molar-refractivity contribution is 5.78. The highest BCUT2D eigenvalue weighted by atomic mass is 19.1. The summed E-state index contributed by atoms with van der Waals surface area (Å²) in [6.45, 7) is 4.75. The van der Waals surface area contributed by atoms with Crippen molar-refractivity contribution in [2.75, 3.05) is 39.4 Å². The number of halogens is 1. The second kappa shape index (κ2) is 9.25. The van der Waals surface area contributed by atoms with Crippen LogP contribution in [0.5, 0.6) is 0 Å². The maximum Gasteiger partial charge on any atom is 0.224 e. The zero-order valence-corrected chi connectivity index (χ0v) is 14.9. The Hall–Kier alpha value is -1.53. The Kier molecular flexibility index (Phi) is 6.76. The summed E-state index contributed by atoms with van der Waals surface area (Å²) in [6.07, 6.45) is 8.00. The van der Waals surface area contributed by atoms with Gasteiger partial charge in [0.25, 0.3) is 0 Å². The van der Waals surface area contributed by atoms with E-state index in [9.17, 15) is 9.18 Å². The summed E-state index contributed by atoms with van der Waals surface area (Å²) in [6, 6.07) is 4.74. The molecule has 2 fully saturated rings. The van der Waals surface area contributed by atoms with Gasteiger partial charge in [-0.3, -0.25) is 19.6 Å². The van der Waals surface area contributed by atoms with Crippen molar-refractivity contribution in [2.45, 2.75) is 38.3 Å². The van der Waals surface area contributed by atoms with E-state index in [0.717, 1.165) is 58.4 Å². The van der Waals surface area contributed by atoms with Crippen molar-refractivity contribution in [1.29, 1.82) is 0 Å². The smallest absolute Gasteiger partial charge is 0.224 e. The molecule has 0 bridgehead atoms. The Bertz CT molecular complexity index is 533. The van der Waals surface area contributed by atoms with Crippen LogP contribution in [0.15, 0.2) is 24.5 Å². The summed E-state index contributed by atoms with van der Waals surface area (Å²) in [4.78, 5) is 21.2. The van der Waals surface area contributed by atoms with Crippen molar-refractivity contribution in [3.8, 4) is 0 Å². The van der Waals surface area contributed by atoms with E-state index in [1.54, 1.807) is 0 Å². The van der Waals surface area contributed by atoms with Crippen molar-refractivity contribution in [3.05, 3.63) is 30.1 Å². The van der Waals surface area contributed by atoms with Crippen LogP contribution in [0.25, 0.3) is 0 Å². The molecule has 1 aromatic heterocycles. The number of carbonyl (C=O) groups excluding carboxylic acids is 1. The Balaban J connectivity index is 1.45. The van der Waals surface area contributed by atoms with Crippen molar-refractivity contribution < 1.29 is 9.18 Å². The highest BCUT2D eigenvalue weighted by Gasteiger charge is 2.31. The second-order valence-corrected chi connectivity index (χ2v) is 7.18.